The van der Waals surface area contributed by atoms with E-state index in [-0.39, 0.29) is 41.5 Å². The van der Waals surface area contributed by atoms with Crippen LogP contribution in [0.4, 0.5) is 0 Å². The Balaban J connectivity index is 2.10. The summed E-state index contributed by atoms with van der Waals surface area (Å²) >= 11 is 0. The quantitative estimate of drug-likeness (QED) is 0.633. The second kappa shape index (κ2) is 6.76. The van der Waals surface area contributed by atoms with Crippen molar-refractivity contribution in [3.63, 3.8) is 0 Å². The van der Waals surface area contributed by atoms with Gasteiger partial charge in [-0.1, -0.05) is 30.3 Å². The largest absolute Gasteiger partial charge is 0.504 e. The molecule has 0 fully saturated rings. The lowest BCUT2D eigenvalue weighted by Crippen LogP contribution is -2.06. The average Bonchev–Trinajstić information content (AvgIpc) is 2.55. The zero-order chi connectivity index (χ0) is 16.1. The van der Waals surface area contributed by atoms with Crippen molar-refractivity contribution < 1.29 is 24.5 Å². The second-order valence-corrected chi connectivity index (χ2v) is 4.75. The van der Waals surface area contributed by atoms with Crippen LogP contribution >= 0.6 is 0 Å². The Bertz CT molecular complexity index is 692. The van der Waals surface area contributed by atoms with Crippen LogP contribution in [0, 0.1) is 0 Å². The number of phenols is 2. The van der Waals surface area contributed by atoms with Gasteiger partial charge in [-0.05, 0) is 6.07 Å². The first-order valence-corrected chi connectivity index (χ1v) is 6.74. The van der Waals surface area contributed by atoms with Gasteiger partial charge in [0.15, 0.2) is 23.1 Å². The number of carbonyl (C=O) groups is 2. The minimum Gasteiger partial charge on any atom is -0.504 e. The Labute approximate surface area is 127 Å². The van der Waals surface area contributed by atoms with Gasteiger partial charge in [-0.2, -0.15) is 0 Å². The molecule has 0 amide bonds. The molecule has 0 heterocycles. The molecule has 0 aliphatic carbocycles. The summed E-state index contributed by atoms with van der Waals surface area (Å²) < 4.78 is 5.02. The van der Waals surface area contributed by atoms with Gasteiger partial charge in [0, 0.05) is 24.5 Å². The van der Waals surface area contributed by atoms with Gasteiger partial charge >= 0.3 is 0 Å². The number of phenolic OH excluding ortho intramolecular Hbond substituents is 2. The van der Waals surface area contributed by atoms with E-state index in [2.05, 4.69) is 0 Å². The summed E-state index contributed by atoms with van der Waals surface area (Å²) in [6, 6.07) is 11.0. The predicted octanol–water partition coefficient (Wildman–Crippen LogP) is 2.95. The molecule has 0 saturated carbocycles. The molecule has 114 valence electrons. The topological polar surface area (TPSA) is 83.8 Å². The fraction of sp³-hybridized carbons (Fsp3) is 0.176. The Morgan fingerprint density at radius 1 is 0.955 bits per heavy atom. The highest BCUT2D eigenvalue weighted by Crippen LogP contribution is 2.33. The zero-order valence-electron chi connectivity index (χ0n) is 12.1. The molecular weight excluding hydrogens is 284 g/mol. The number of benzene rings is 2. The first-order chi connectivity index (χ1) is 10.5. The van der Waals surface area contributed by atoms with Crippen LogP contribution in [-0.4, -0.2) is 28.9 Å². The molecule has 0 saturated heterocycles. The molecule has 2 aromatic rings. The van der Waals surface area contributed by atoms with Gasteiger partial charge in [0.2, 0.25) is 0 Å². The van der Waals surface area contributed by atoms with Crippen LogP contribution in [0.3, 0.4) is 0 Å². The van der Waals surface area contributed by atoms with E-state index in [0.29, 0.717) is 5.56 Å². The van der Waals surface area contributed by atoms with Crippen molar-refractivity contribution in [2.45, 2.75) is 12.8 Å². The second-order valence-electron chi connectivity index (χ2n) is 4.75. The molecule has 0 aliphatic rings. The lowest BCUT2D eigenvalue weighted by Gasteiger charge is -2.09. The molecule has 2 aromatic carbocycles. The van der Waals surface area contributed by atoms with E-state index < -0.39 is 5.75 Å². The summed E-state index contributed by atoms with van der Waals surface area (Å²) in [4.78, 5) is 24.2. The summed E-state index contributed by atoms with van der Waals surface area (Å²) in [5, 5.41) is 18.9. The van der Waals surface area contributed by atoms with Crippen molar-refractivity contribution in [3.8, 4) is 17.2 Å². The van der Waals surface area contributed by atoms with Gasteiger partial charge in [0.1, 0.15) is 5.75 Å². The molecule has 2 N–H and O–H groups in total. The number of rotatable bonds is 6. The molecule has 0 unspecified atom stereocenters. The third kappa shape index (κ3) is 3.44. The lowest BCUT2D eigenvalue weighted by atomic mass is 10.0. The van der Waals surface area contributed by atoms with Crippen molar-refractivity contribution in [2.75, 3.05) is 7.11 Å². The fourth-order valence-electron chi connectivity index (χ4n) is 2.07. The molecule has 0 atom stereocenters. The molecule has 0 aromatic heterocycles. The van der Waals surface area contributed by atoms with Crippen molar-refractivity contribution in [1.29, 1.82) is 0 Å². The number of Topliss-reactive ketones (excluding diaryl/α,β-unsaturated/α-hetero) is 2. The van der Waals surface area contributed by atoms with Crippen molar-refractivity contribution in [3.05, 3.63) is 53.6 Å². The van der Waals surface area contributed by atoms with Gasteiger partial charge in [-0.3, -0.25) is 9.59 Å². The van der Waals surface area contributed by atoms with E-state index >= 15 is 0 Å². The summed E-state index contributed by atoms with van der Waals surface area (Å²) in [5.41, 5.74) is 0.689. The number of hydrogen-bond donors (Lipinski definition) is 2. The van der Waals surface area contributed by atoms with Crippen molar-refractivity contribution in [2.24, 2.45) is 0 Å². The van der Waals surface area contributed by atoms with Crippen LogP contribution in [0.15, 0.2) is 42.5 Å². The SMILES string of the molecule is COc1cc(O)c(O)cc1C(=O)CCC(=O)c1ccccc1. The smallest absolute Gasteiger partial charge is 0.167 e. The minimum absolute atomic E-state index is 0.00565. The van der Waals surface area contributed by atoms with E-state index in [4.69, 9.17) is 4.74 Å². The van der Waals surface area contributed by atoms with E-state index in [1.807, 2.05) is 6.07 Å². The van der Waals surface area contributed by atoms with Crippen LogP contribution < -0.4 is 4.74 Å². The highest BCUT2D eigenvalue weighted by atomic mass is 16.5. The summed E-state index contributed by atoms with van der Waals surface area (Å²) in [7, 11) is 1.36. The predicted molar refractivity (Wildman–Crippen MR) is 80.7 cm³/mol. The number of carbonyl (C=O) groups excluding carboxylic acids is 2. The van der Waals surface area contributed by atoms with Crippen LogP contribution in [-0.2, 0) is 0 Å². The first-order valence-electron chi connectivity index (χ1n) is 6.74. The van der Waals surface area contributed by atoms with Crippen LogP contribution in [0.1, 0.15) is 33.6 Å². The molecule has 0 radical (unpaired) electrons. The third-order valence-corrected chi connectivity index (χ3v) is 3.27. The number of ether oxygens (including phenoxy) is 1. The zero-order valence-corrected chi connectivity index (χ0v) is 12.1. The van der Waals surface area contributed by atoms with Crippen molar-refractivity contribution >= 4 is 11.6 Å². The summed E-state index contributed by atoms with van der Waals surface area (Å²) in [6.07, 6.45) is 0.0575. The Hall–Kier alpha value is -2.82. The normalized spacial score (nSPS) is 10.2. The highest BCUT2D eigenvalue weighted by molar-refractivity contribution is 6.03. The third-order valence-electron chi connectivity index (χ3n) is 3.27. The van der Waals surface area contributed by atoms with Gasteiger partial charge < -0.3 is 14.9 Å². The monoisotopic (exact) mass is 300 g/mol. The average molecular weight is 300 g/mol. The lowest BCUT2D eigenvalue weighted by molar-refractivity contribution is 0.0915. The number of ketones is 2. The van der Waals surface area contributed by atoms with E-state index in [1.165, 1.54) is 13.2 Å². The Kier molecular flexibility index (Phi) is 4.78. The Morgan fingerprint density at radius 2 is 1.55 bits per heavy atom. The molecule has 0 spiro atoms. The maximum atomic E-state index is 12.2. The summed E-state index contributed by atoms with van der Waals surface area (Å²) in [6.45, 7) is 0. The maximum Gasteiger partial charge on any atom is 0.167 e. The molecule has 0 aliphatic heterocycles. The molecule has 22 heavy (non-hydrogen) atoms. The highest BCUT2D eigenvalue weighted by Gasteiger charge is 2.17. The maximum absolute atomic E-state index is 12.2. The molecule has 2 rings (SSSR count). The van der Waals surface area contributed by atoms with E-state index in [1.54, 1.807) is 24.3 Å². The summed E-state index contributed by atoms with van der Waals surface area (Å²) in [5.74, 6) is -1.08. The minimum atomic E-state index is -0.404. The van der Waals surface area contributed by atoms with Crippen LogP contribution in [0.2, 0.25) is 0 Å². The molecular formula is C17H16O5. The number of hydrogen-bond acceptors (Lipinski definition) is 5. The fourth-order valence-corrected chi connectivity index (χ4v) is 2.07. The molecule has 5 heteroatoms. The van der Waals surface area contributed by atoms with Gasteiger partial charge in [-0.25, -0.2) is 0 Å². The van der Waals surface area contributed by atoms with E-state index in [0.717, 1.165) is 6.07 Å². The molecule has 0 bridgehead atoms. The Morgan fingerprint density at radius 3 is 2.18 bits per heavy atom. The number of aromatic hydroxyl groups is 2. The molecule has 5 nitrogen and oxygen atoms in total. The van der Waals surface area contributed by atoms with Gasteiger partial charge in [0.05, 0.1) is 12.7 Å². The van der Waals surface area contributed by atoms with E-state index in [9.17, 15) is 19.8 Å². The van der Waals surface area contributed by atoms with Crippen molar-refractivity contribution in [1.82, 2.24) is 0 Å². The van der Waals surface area contributed by atoms with Gasteiger partial charge in [-0.15, -0.1) is 0 Å². The van der Waals surface area contributed by atoms with Crippen LogP contribution in [0.25, 0.3) is 0 Å². The standard InChI is InChI=1S/C17H16O5/c1-22-17-10-16(21)15(20)9-12(17)14(19)8-7-13(18)11-5-3-2-4-6-11/h2-6,9-10,20-21H,7-8H2,1H3. The number of methoxy groups -OCH3 is 1. The van der Waals surface area contributed by atoms with Crippen LogP contribution in [0.5, 0.6) is 17.2 Å². The first kappa shape index (κ1) is 15.6. The van der Waals surface area contributed by atoms with Gasteiger partial charge in [0.25, 0.3) is 0 Å².